The lowest BCUT2D eigenvalue weighted by molar-refractivity contribution is -0.165. The van der Waals surface area contributed by atoms with Gasteiger partial charge in [0.25, 0.3) is 10.0 Å². The first-order chi connectivity index (χ1) is 14.2. The van der Waals surface area contributed by atoms with Crippen molar-refractivity contribution in [3.8, 4) is 0 Å². The summed E-state index contributed by atoms with van der Waals surface area (Å²) >= 11 is 0. The molecule has 0 bridgehead atoms. The van der Waals surface area contributed by atoms with Crippen molar-refractivity contribution in [3.63, 3.8) is 0 Å². The molecule has 31 heavy (non-hydrogen) atoms. The minimum atomic E-state index is -4.76. The number of halogens is 3. The average Bonchev–Trinajstić information content (AvgIpc) is 2.61. The van der Waals surface area contributed by atoms with Crippen molar-refractivity contribution in [2.75, 3.05) is 11.9 Å². The van der Waals surface area contributed by atoms with Crippen LogP contribution < -0.4 is 10.0 Å². The summed E-state index contributed by atoms with van der Waals surface area (Å²) in [5, 5.41) is 0.784. The number of carbonyl (C=O) groups excluding carboxylic acids is 2. The Morgan fingerprint density at radius 1 is 1.16 bits per heavy atom. The van der Waals surface area contributed by atoms with E-state index in [1.807, 2.05) is 45.9 Å². The van der Waals surface area contributed by atoms with Crippen molar-refractivity contribution >= 4 is 27.6 Å². The maximum atomic E-state index is 12.9. The van der Waals surface area contributed by atoms with Crippen molar-refractivity contribution in [1.82, 2.24) is 9.62 Å². The lowest BCUT2D eigenvalue weighted by atomic mass is 9.93. The monoisotopic (exact) mass is 463 g/mol. The summed E-state index contributed by atoms with van der Waals surface area (Å²) in [6, 6.07) is 4.38. The normalized spacial score (nSPS) is 17.9. The fraction of sp³-hybridized carbons (Fsp3) is 0.600. The quantitative estimate of drug-likeness (QED) is 0.658. The third-order valence-corrected chi connectivity index (χ3v) is 6.74. The molecule has 1 fully saturated rings. The van der Waals surface area contributed by atoms with Gasteiger partial charge in [0.1, 0.15) is 6.54 Å². The fourth-order valence-corrected chi connectivity index (χ4v) is 5.07. The molecule has 1 aromatic rings. The number of urea groups is 1. The summed E-state index contributed by atoms with van der Waals surface area (Å²) in [6.45, 7) is 5.99. The molecule has 1 saturated heterocycles. The van der Waals surface area contributed by atoms with E-state index in [9.17, 15) is 31.2 Å². The molecule has 1 heterocycles. The minimum absolute atomic E-state index is 0.0313. The lowest BCUT2D eigenvalue weighted by Gasteiger charge is -2.35. The zero-order chi connectivity index (χ0) is 23.6. The van der Waals surface area contributed by atoms with E-state index >= 15 is 0 Å². The summed E-state index contributed by atoms with van der Waals surface area (Å²) in [5.41, 5.74) is 2.06. The van der Waals surface area contributed by atoms with Crippen LogP contribution in [0.5, 0.6) is 0 Å². The number of benzene rings is 1. The number of sulfonamides is 1. The molecule has 1 aromatic carbocycles. The number of rotatable bonds is 6. The second-order valence-electron chi connectivity index (χ2n) is 8.21. The first kappa shape index (κ1) is 25.0. The van der Waals surface area contributed by atoms with Gasteiger partial charge in [-0.05, 0) is 35.8 Å². The molecule has 2 N–H and O–H groups in total. The standard InChI is InChI=1S/C20H28F3N3O4S/c1-12(2)14-7-5-8-15(13(3)4)18(14)24-19(28)25-31(29,30)17-10-6-9-16(27)26(17)11-20(21,22)23/h5,7-8,12-13,17H,6,9-11H2,1-4H3,(H2,24,25,28). The van der Waals surface area contributed by atoms with Gasteiger partial charge in [0.05, 0.1) is 0 Å². The highest BCUT2D eigenvalue weighted by Gasteiger charge is 2.44. The van der Waals surface area contributed by atoms with Crippen LogP contribution >= 0.6 is 0 Å². The van der Waals surface area contributed by atoms with Crippen molar-refractivity contribution < 1.29 is 31.2 Å². The summed E-state index contributed by atoms with van der Waals surface area (Å²) in [6.07, 6.45) is -5.00. The molecule has 11 heteroatoms. The van der Waals surface area contributed by atoms with E-state index in [2.05, 4.69) is 5.32 Å². The number of anilines is 1. The molecule has 1 atom stereocenters. The molecule has 0 saturated carbocycles. The Balaban J connectivity index is 2.28. The Labute approximate surface area is 180 Å². The number of piperidine rings is 1. The Hall–Kier alpha value is -2.30. The van der Waals surface area contributed by atoms with Gasteiger partial charge in [-0.25, -0.2) is 17.9 Å². The van der Waals surface area contributed by atoms with Crippen LogP contribution in [-0.2, 0) is 14.8 Å². The van der Waals surface area contributed by atoms with Crippen LogP contribution in [0.1, 0.15) is 69.9 Å². The van der Waals surface area contributed by atoms with E-state index in [-0.39, 0.29) is 36.0 Å². The number of hydrogen-bond acceptors (Lipinski definition) is 4. The number of alkyl halides is 3. The highest BCUT2D eigenvalue weighted by molar-refractivity contribution is 7.90. The van der Waals surface area contributed by atoms with Gasteiger partial charge in [-0.1, -0.05) is 45.9 Å². The van der Waals surface area contributed by atoms with Crippen LogP contribution in [0.4, 0.5) is 23.7 Å². The van der Waals surface area contributed by atoms with E-state index in [4.69, 9.17) is 0 Å². The van der Waals surface area contributed by atoms with Crippen molar-refractivity contribution in [1.29, 1.82) is 0 Å². The number of carbonyl (C=O) groups is 2. The number of nitrogens with zero attached hydrogens (tertiary/aromatic N) is 1. The van der Waals surface area contributed by atoms with Gasteiger partial charge in [0.2, 0.25) is 5.91 Å². The maximum absolute atomic E-state index is 12.9. The van der Waals surface area contributed by atoms with Crippen LogP contribution in [0.3, 0.4) is 0 Å². The van der Waals surface area contributed by atoms with Gasteiger partial charge in [-0.15, -0.1) is 0 Å². The molecule has 0 aliphatic carbocycles. The second kappa shape index (κ2) is 9.46. The van der Waals surface area contributed by atoms with E-state index < -0.39 is 40.1 Å². The second-order valence-corrected chi connectivity index (χ2v) is 10.0. The van der Waals surface area contributed by atoms with Crippen LogP contribution in [0.15, 0.2) is 18.2 Å². The maximum Gasteiger partial charge on any atom is 0.406 e. The van der Waals surface area contributed by atoms with Gasteiger partial charge < -0.3 is 10.2 Å². The summed E-state index contributed by atoms with van der Waals surface area (Å²) in [7, 11) is -4.58. The van der Waals surface area contributed by atoms with Crippen molar-refractivity contribution in [3.05, 3.63) is 29.3 Å². The first-order valence-corrected chi connectivity index (χ1v) is 11.6. The Bertz CT molecular complexity index is 904. The molecule has 174 valence electrons. The molecule has 1 aliphatic rings. The Kier molecular flexibility index (Phi) is 7.61. The molecule has 3 amide bonds. The smallest absolute Gasteiger partial charge is 0.315 e. The minimum Gasteiger partial charge on any atom is -0.315 e. The van der Waals surface area contributed by atoms with Crippen LogP contribution in [0.2, 0.25) is 0 Å². The van der Waals surface area contributed by atoms with Gasteiger partial charge >= 0.3 is 12.2 Å². The summed E-state index contributed by atoms with van der Waals surface area (Å²) < 4.78 is 65.9. The third-order valence-electron chi connectivity index (χ3n) is 5.06. The SMILES string of the molecule is CC(C)c1cccc(C(C)C)c1NC(=O)NS(=O)(=O)C1CCCC(=O)N1CC(F)(F)F. The molecule has 7 nitrogen and oxygen atoms in total. The predicted molar refractivity (Wildman–Crippen MR) is 111 cm³/mol. The molecule has 0 spiro atoms. The van der Waals surface area contributed by atoms with E-state index in [1.54, 1.807) is 4.72 Å². The average molecular weight is 464 g/mol. The number of nitrogens with one attached hydrogen (secondary N) is 2. The van der Waals surface area contributed by atoms with Crippen LogP contribution in [0.25, 0.3) is 0 Å². The van der Waals surface area contributed by atoms with Gasteiger partial charge in [0.15, 0.2) is 5.37 Å². The molecule has 1 unspecified atom stereocenters. The lowest BCUT2D eigenvalue weighted by Crippen LogP contribution is -2.55. The van der Waals surface area contributed by atoms with Crippen molar-refractivity contribution in [2.45, 2.75) is 70.3 Å². The van der Waals surface area contributed by atoms with Gasteiger partial charge in [-0.2, -0.15) is 13.2 Å². The molecular weight excluding hydrogens is 435 g/mol. The molecule has 1 aliphatic heterocycles. The number of likely N-dealkylation sites (tertiary alicyclic amines) is 1. The molecule has 0 radical (unpaired) electrons. The topological polar surface area (TPSA) is 95.6 Å². The highest BCUT2D eigenvalue weighted by Crippen LogP contribution is 2.32. The fourth-order valence-electron chi connectivity index (χ4n) is 3.63. The van der Waals surface area contributed by atoms with E-state index in [0.29, 0.717) is 5.69 Å². The largest absolute Gasteiger partial charge is 0.406 e. The Morgan fingerprint density at radius 3 is 2.19 bits per heavy atom. The summed E-state index contributed by atoms with van der Waals surface area (Å²) in [4.78, 5) is 24.8. The number of hydrogen-bond donors (Lipinski definition) is 2. The zero-order valence-electron chi connectivity index (χ0n) is 17.9. The van der Waals surface area contributed by atoms with Gasteiger partial charge in [0, 0.05) is 12.1 Å². The number of para-hydroxylation sites is 1. The molecule has 2 rings (SSSR count). The highest BCUT2D eigenvalue weighted by atomic mass is 32.2. The van der Waals surface area contributed by atoms with Crippen molar-refractivity contribution in [2.24, 2.45) is 0 Å². The van der Waals surface area contributed by atoms with E-state index in [1.165, 1.54) is 0 Å². The number of amides is 3. The zero-order valence-corrected chi connectivity index (χ0v) is 18.7. The first-order valence-electron chi connectivity index (χ1n) is 10.0. The third kappa shape index (κ3) is 6.34. The summed E-state index contributed by atoms with van der Waals surface area (Å²) in [5.74, 6) is -0.848. The molecular formula is C20H28F3N3O4S. The van der Waals surface area contributed by atoms with E-state index in [0.717, 1.165) is 11.1 Å². The Morgan fingerprint density at radius 2 is 1.71 bits per heavy atom. The predicted octanol–water partition coefficient (Wildman–Crippen LogP) is 4.29. The van der Waals surface area contributed by atoms with Gasteiger partial charge in [-0.3, -0.25) is 4.79 Å². The van der Waals surface area contributed by atoms with Crippen LogP contribution in [0, 0.1) is 0 Å². The molecule has 0 aromatic heterocycles. The van der Waals surface area contributed by atoms with Crippen LogP contribution in [-0.4, -0.2) is 43.4 Å².